The van der Waals surface area contributed by atoms with E-state index in [0.717, 1.165) is 30.0 Å². The van der Waals surface area contributed by atoms with Crippen LogP contribution in [0.3, 0.4) is 0 Å². The van der Waals surface area contributed by atoms with Crippen LogP contribution in [0, 0.1) is 13.8 Å². The van der Waals surface area contributed by atoms with Gasteiger partial charge in [-0.15, -0.1) is 0 Å². The van der Waals surface area contributed by atoms with Gasteiger partial charge in [-0.25, -0.2) is 0 Å². The molecule has 1 aliphatic rings. The smallest absolute Gasteiger partial charge is 0.282 e. The maximum atomic E-state index is 12.6. The van der Waals surface area contributed by atoms with Crippen molar-refractivity contribution in [1.29, 1.82) is 0 Å². The first-order chi connectivity index (χ1) is 9.79. The molecule has 1 aromatic heterocycles. The van der Waals surface area contributed by atoms with Gasteiger partial charge in [0.25, 0.3) is 10.2 Å². The molecule has 0 spiro atoms. The second kappa shape index (κ2) is 6.39. The van der Waals surface area contributed by atoms with E-state index in [0.29, 0.717) is 19.6 Å². The van der Waals surface area contributed by atoms with Gasteiger partial charge in [0.1, 0.15) is 0 Å². The number of hydrogen-bond donors (Lipinski definition) is 0. The average molecular weight is 312 g/mol. The largest absolute Gasteiger partial charge is 0.304 e. The van der Waals surface area contributed by atoms with Crippen LogP contribution in [0.1, 0.15) is 17.0 Å². The van der Waals surface area contributed by atoms with E-state index in [2.05, 4.69) is 9.88 Å². The van der Waals surface area contributed by atoms with Crippen molar-refractivity contribution in [3.05, 3.63) is 29.1 Å². The van der Waals surface area contributed by atoms with E-state index in [1.54, 1.807) is 11.4 Å². The Labute approximate surface area is 127 Å². The fraction of sp³-hybridized carbons (Fsp3) is 0.643. The van der Waals surface area contributed by atoms with Crippen LogP contribution in [0.5, 0.6) is 0 Å². The third-order valence-electron chi connectivity index (χ3n) is 3.72. The van der Waals surface area contributed by atoms with Crippen molar-refractivity contribution in [2.75, 3.05) is 40.3 Å². The third-order valence-corrected chi connectivity index (χ3v) is 5.65. The summed E-state index contributed by atoms with van der Waals surface area (Å²) in [6, 6.07) is 3.92. The molecule has 0 atom stereocenters. The van der Waals surface area contributed by atoms with Crippen LogP contribution in [-0.2, 0) is 16.8 Å². The van der Waals surface area contributed by atoms with Gasteiger partial charge >= 0.3 is 0 Å². The van der Waals surface area contributed by atoms with Crippen LogP contribution in [-0.4, -0.2) is 67.2 Å². The molecular weight excluding hydrogens is 288 g/mol. The van der Waals surface area contributed by atoms with E-state index in [1.807, 2.05) is 33.0 Å². The number of pyridine rings is 1. The Morgan fingerprint density at radius 2 is 1.81 bits per heavy atom. The van der Waals surface area contributed by atoms with Gasteiger partial charge in [0, 0.05) is 38.9 Å². The fourth-order valence-electron chi connectivity index (χ4n) is 2.53. The molecule has 0 aliphatic carbocycles. The molecule has 0 bridgehead atoms. The summed E-state index contributed by atoms with van der Waals surface area (Å²) < 4.78 is 28.1. The zero-order valence-electron chi connectivity index (χ0n) is 13.2. The highest BCUT2D eigenvalue weighted by molar-refractivity contribution is 7.86. The zero-order chi connectivity index (χ0) is 15.6. The third kappa shape index (κ3) is 4.00. The van der Waals surface area contributed by atoms with Crippen molar-refractivity contribution >= 4 is 10.2 Å². The number of hydrogen-bond acceptors (Lipinski definition) is 4. The first-order valence-corrected chi connectivity index (χ1v) is 8.53. The molecular formula is C14H24N4O2S. The Morgan fingerprint density at radius 3 is 2.38 bits per heavy atom. The van der Waals surface area contributed by atoms with Crippen molar-refractivity contribution in [3.8, 4) is 0 Å². The molecule has 2 rings (SSSR count). The van der Waals surface area contributed by atoms with Gasteiger partial charge in [-0.3, -0.25) is 4.98 Å². The molecule has 2 heterocycles. The normalized spacial score (nSPS) is 18.3. The Hall–Kier alpha value is -1.02. The average Bonchev–Trinajstić information content (AvgIpc) is 2.37. The molecule has 0 saturated carbocycles. The highest BCUT2D eigenvalue weighted by Gasteiger charge is 2.29. The van der Waals surface area contributed by atoms with Crippen molar-refractivity contribution in [3.63, 3.8) is 0 Å². The summed E-state index contributed by atoms with van der Waals surface area (Å²) in [5.74, 6) is 0. The van der Waals surface area contributed by atoms with Crippen LogP contribution >= 0.6 is 0 Å². The quantitative estimate of drug-likeness (QED) is 0.818. The van der Waals surface area contributed by atoms with Gasteiger partial charge in [-0.2, -0.15) is 17.0 Å². The molecule has 7 heteroatoms. The molecule has 0 radical (unpaired) electrons. The second-order valence-electron chi connectivity index (χ2n) is 5.74. The van der Waals surface area contributed by atoms with E-state index >= 15 is 0 Å². The number of aromatic nitrogens is 1. The lowest BCUT2D eigenvalue weighted by Crippen LogP contribution is -2.51. The van der Waals surface area contributed by atoms with Gasteiger partial charge in [0.05, 0.1) is 12.2 Å². The van der Waals surface area contributed by atoms with E-state index < -0.39 is 10.2 Å². The highest BCUT2D eigenvalue weighted by Crippen LogP contribution is 2.14. The summed E-state index contributed by atoms with van der Waals surface area (Å²) in [5.41, 5.74) is 2.80. The van der Waals surface area contributed by atoms with Crippen molar-refractivity contribution in [2.45, 2.75) is 20.4 Å². The van der Waals surface area contributed by atoms with Crippen LogP contribution in [0.4, 0.5) is 0 Å². The van der Waals surface area contributed by atoms with E-state index in [4.69, 9.17) is 0 Å². The molecule has 1 aromatic rings. The summed E-state index contributed by atoms with van der Waals surface area (Å²) >= 11 is 0. The number of nitrogens with zero attached hydrogens (tertiary/aromatic N) is 4. The minimum atomic E-state index is -3.41. The van der Waals surface area contributed by atoms with E-state index in [-0.39, 0.29) is 0 Å². The van der Waals surface area contributed by atoms with Gasteiger partial charge in [-0.05, 0) is 38.6 Å². The lowest BCUT2D eigenvalue weighted by Gasteiger charge is -2.34. The summed E-state index contributed by atoms with van der Waals surface area (Å²) in [6.07, 6.45) is 0. The minimum Gasteiger partial charge on any atom is -0.304 e. The van der Waals surface area contributed by atoms with Crippen LogP contribution < -0.4 is 0 Å². The highest BCUT2D eigenvalue weighted by atomic mass is 32.2. The van der Waals surface area contributed by atoms with Crippen LogP contribution in [0.2, 0.25) is 0 Å². The SMILES string of the molecule is Cc1cc(C)nc(CN(C)S(=O)(=O)N2CCN(C)CC2)c1. The predicted molar refractivity (Wildman–Crippen MR) is 83.2 cm³/mol. The molecule has 21 heavy (non-hydrogen) atoms. The minimum absolute atomic E-state index is 0.303. The Balaban J connectivity index is 2.09. The Morgan fingerprint density at radius 1 is 1.19 bits per heavy atom. The molecule has 0 N–H and O–H groups in total. The Bertz CT molecular complexity index is 575. The first-order valence-electron chi connectivity index (χ1n) is 7.13. The van der Waals surface area contributed by atoms with Crippen molar-refractivity contribution in [2.24, 2.45) is 0 Å². The maximum absolute atomic E-state index is 12.6. The monoisotopic (exact) mass is 312 g/mol. The lowest BCUT2D eigenvalue weighted by molar-refractivity contribution is 0.213. The summed E-state index contributed by atoms with van der Waals surface area (Å²) in [7, 11) is 0.216. The maximum Gasteiger partial charge on any atom is 0.282 e. The molecule has 1 saturated heterocycles. The van der Waals surface area contributed by atoms with Crippen LogP contribution in [0.15, 0.2) is 12.1 Å². The Kier molecular flexibility index (Phi) is 4.98. The lowest BCUT2D eigenvalue weighted by atomic mass is 10.2. The topological polar surface area (TPSA) is 56.8 Å². The summed E-state index contributed by atoms with van der Waals surface area (Å²) in [6.45, 7) is 6.85. The molecule has 0 aromatic carbocycles. The molecule has 118 valence electrons. The molecule has 6 nitrogen and oxygen atoms in total. The predicted octanol–water partition coefficient (Wildman–Crippen LogP) is 0.622. The molecule has 1 aliphatic heterocycles. The van der Waals surface area contributed by atoms with Gasteiger partial charge < -0.3 is 4.90 Å². The van der Waals surface area contributed by atoms with Crippen molar-refractivity contribution < 1.29 is 8.42 Å². The standard InChI is InChI=1S/C14H24N4O2S/c1-12-9-13(2)15-14(10-12)11-17(4)21(19,20)18-7-5-16(3)6-8-18/h9-10H,5-8,11H2,1-4H3. The zero-order valence-corrected chi connectivity index (χ0v) is 14.0. The molecule has 0 unspecified atom stereocenters. The molecule has 0 amide bonds. The molecule has 1 fully saturated rings. The number of rotatable bonds is 4. The van der Waals surface area contributed by atoms with Crippen molar-refractivity contribution in [1.82, 2.24) is 18.5 Å². The van der Waals surface area contributed by atoms with Gasteiger partial charge in [0.2, 0.25) is 0 Å². The summed E-state index contributed by atoms with van der Waals surface area (Å²) in [5, 5.41) is 0. The summed E-state index contributed by atoms with van der Waals surface area (Å²) in [4.78, 5) is 6.55. The second-order valence-corrected chi connectivity index (χ2v) is 7.78. The van der Waals surface area contributed by atoms with Gasteiger partial charge in [0.15, 0.2) is 0 Å². The number of aryl methyl sites for hydroxylation is 2. The van der Waals surface area contributed by atoms with E-state index in [9.17, 15) is 8.42 Å². The number of likely N-dealkylation sites (N-methyl/N-ethyl adjacent to an activating group) is 1. The fourth-order valence-corrected chi connectivity index (χ4v) is 3.85. The first kappa shape index (κ1) is 16.4. The van der Waals surface area contributed by atoms with Gasteiger partial charge in [-0.1, -0.05) is 0 Å². The number of piperazine rings is 1. The van der Waals surface area contributed by atoms with E-state index in [1.165, 1.54) is 4.31 Å². The van der Waals surface area contributed by atoms with Crippen LogP contribution in [0.25, 0.3) is 0 Å².